The molecule has 2 heterocycles. The third kappa shape index (κ3) is 5.38. The lowest BCUT2D eigenvalue weighted by molar-refractivity contribution is -0.113. The van der Waals surface area contributed by atoms with Crippen molar-refractivity contribution < 1.29 is 9.59 Å². The Kier molecular flexibility index (Phi) is 7.38. The summed E-state index contributed by atoms with van der Waals surface area (Å²) in [5, 5.41) is 7.07. The van der Waals surface area contributed by atoms with E-state index in [1.54, 1.807) is 11.8 Å². The molecule has 38 heavy (non-hydrogen) atoms. The van der Waals surface area contributed by atoms with Crippen LogP contribution < -0.4 is 10.6 Å². The summed E-state index contributed by atoms with van der Waals surface area (Å²) in [6.07, 6.45) is 1.02. The predicted octanol–water partition coefficient (Wildman–Crippen LogP) is 6.63. The average Bonchev–Trinajstić information content (AvgIpc) is 2.90. The maximum Gasteiger partial charge on any atom is 0.255 e. The minimum Gasteiger partial charge on any atom is -0.340 e. The van der Waals surface area contributed by atoms with Gasteiger partial charge >= 0.3 is 0 Å². The summed E-state index contributed by atoms with van der Waals surface area (Å²) in [6.45, 7) is 8.79. The maximum absolute atomic E-state index is 13.7. The smallest absolute Gasteiger partial charge is 0.255 e. The molecule has 194 valence electrons. The molecule has 2 aliphatic heterocycles. The number of hydrogen-bond donors (Lipinski definition) is 2. The van der Waals surface area contributed by atoms with Crippen molar-refractivity contribution in [1.82, 2.24) is 4.90 Å². The summed E-state index contributed by atoms with van der Waals surface area (Å²) in [5.74, 6) is 0.722. The number of allylic oxidation sites excluding steroid dienone is 1. The van der Waals surface area contributed by atoms with E-state index < -0.39 is 0 Å². The highest BCUT2D eigenvalue weighted by Crippen LogP contribution is 2.40. The Morgan fingerprint density at radius 1 is 0.868 bits per heavy atom. The molecule has 2 amide bonds. The van der Waals surface area contributed by atoms with Crippen molar-refractivity contribution in [3.8, 4) is 0 Å². The topological polar surface area (TPSA) is 73.8 Å². The third-order valence-electron chi connectivity index (χ3n) is 6.93. The van der Waals surface area contributed by atoms with Gasteiger partial charge in [-0.3, -0.25) is 9.59 Å². The van der Waals surface area contributed by atoms with Gasteiger partial charge in [-0.05, 0) is 75.6 Å². The molecule has 0 radical (unpaired) electrons. The summed E-state index contributed by atoms with van der Waals surface area (Å²) in [5.41, 5.74) is 7.77. The second kappa shape index (κ2) is 10.9. The Labute approximate surface area is 228 Å². The van der Waals surface area contributed by atoms with Gasteiger partial charge in [-0.15, -0.1) is 0 Å². The number of aliphatic imine (C=N–C) groups is 1. The standard InChI is InChI=1S/C31H32N4O2S/c1-19-6-9-24(10-7-19)29(36)33-25-13-11-23(12-14-25)28-27(22(4)32-31-35(28)16-5-17-38-31)30(37)34-26-15-8-20(2)18-21(26)3/h6-15,18,28H,5,16-17H2,1-4H3,(H,33,36)(H,34,37). The lowest BCUT2D eigenvalue weighted by atomic mass is 9.93. The van der Waals surface area contributed by atoms with E-state index in [9.17, 15) is 9.59 Å². The van der Waals surface area contributed by atoms with Crippen LogP contribution in [0.1, 0.15) is 52.0 Å². The van der Waals surface area contributed by atoms with Crippen LogP contribution in [0.3, 0.4) is 0 Å². The Bertz CT molecular complexity index is 1440. The maximum atomic E-state index is 13.7. The summed E-state index contributed by atoms with van der Waals surface area (Å²) in [7, 11) is 0. The monoisotopic (exact) mass is 524 g/mol. The van der Waals surface area contributed by atoms with E-state index in [1.165, 1.54) is 0 Å². The Morgan fingerprint density at radius 2 is 1.58 bits per heavy atom. The van der Waals surface area contributed by atoms with Gasteiger partial charge in [-0.1, -0.05) is 59.3 Å². The first kappa shape index (κ1) is 25.8. The molecule has 1 fully saturated rings. The van der Waals surface area contributed by atoms with E-state index in [1.807, 2.05) is 88.4 Å². The van der Waals surface area contributed by atoms with Gasteiger partial charge in [-0.25, -0.2) is 4.99 Å². The first-order valence-electron chi connectivity index (χ1n) is 12.9. The van der Waals surface area contributed by atoms with Crippen LogP contribution in [0.2, 0.25) is 0 Å². The van der Waals surface area contributed by atoms with Crippen LogP contribution in [0.4, 0.5) is 11.4 Å². The fraction of sp³-hybridized carbons (Fsp3) is 0.258. The van der Waals surface area contributed by atoms with Gasteiger partial charge in [0.05, 0.1) is 17.3 Å². The number of aryl methyl sites for hydroxylation is 3. The highest BCUT2D eigenvalue weighted by atomic mass is 32.2. The molecule has 3 aromatic rings. The summed E-state index contributed by atoms with van der Waals surface area (Å²) in [4.78, 5) is 33.5. The highest BCUT2D eigenvalue weighted by Gasteiger charge is 2.37. The number of carbonyl (C=O) groups excluding carboxylic acids is 2. The van der Waals surface area contributed by atoms with Gasteiger partial charge in [0.1, 0.15) is 0 Å². The third-order valence-corrected chi connectivity index (χ3v) is 8.01. The van der Waals surface area contributed by atoms with Crippen LogP contribution in [0.25, 0.3) is 0 Å². The fourth-order valence-electron chi connectivity index (χ4n) is 4.91. The quantitative estimate of drug-likeness (QED) is 0.393. The summed E-state index contributed by atoms with van der Waals surface area (Å²) < 4.78 is 0. The van der Waals surface area contributed by atoms with Crippen molar-refractivity contribution in [2.75, 3.05) is 22.9 Å². The zero-order valence-corrected chi connectivity index (χ0v) is 23.0. The predicted molar refractivity (Wildman–Crippen MR) is 157 cm³/mol. The molecule has 2 N–H and O–H groups in total. The van der Waals surface area contributed by atoms with Crippen molar-refractivity contribution in [3.63, 3.8) is 0 Å². The van der Waals surface area contributed by atoms with Crippen molar-refractivity contribution in [1.29, 1.82) is 0 Å². The highest BCUT2D eigenvalue weighted by molar-refractivity contribution is 8.13. The normalized spacial score (nSPS) is 17.0. The van der Waals surface area contributed by atoms with E-state index >= 15 is 0 Å². The minimum absolute atomic E-state index is 0.144. The number of fused-ring (bicyclic) bond motifs is 1. The van der Waals surface area contributed by atoms with Crippen LogP contribution in [0.15, 0.2) is 83.0 Å². The van der Waals surface area contributed by atoms with Gasteiger partial charge in [0.2, 0.25) is 0 Å². The first-order chi connectivity index (χ1) is 18.3. The van der Waals surface area contributed by atoms with E-state index in [0.29, 0.717) is 16.8 Å². The molecule has 0 aliphatic carbocycles. The number of rotatable bonds is 5. The molecule has 0 spiro atoms. The van der Waals surface area contributed by atoms with E-state index in [4.69, 9.17) is 4.99 Å². The molecule has 0 saturated carbocycles. The van der Waals surface area contributed by atoms with Crippen molar-refractivity contribution in [3.05, 3.63) is 106 Å². The number of carbonyl (C=O) groups is 2. The number of anilines is 2. The van der Waals surface area contributed by atoms with Gasteiger partial charge in [0.25, 0.3) is 11.8 Å². The molecule has 2 aliphatic rings. The average molecular weight is 525 g/mol. The van der Waals surface area contributed by atoms with Crippen LogP contribution in [0.5, 0.6) is 0 Å². The molecule has 0 bridgehead atoms. The van der Waals surface area contributed by atoms with Crippen LogP contribution in [-0.2, 0) is 4.79 Å². The number of nitrogens with one attached hydrogen (secondary N) is 2. The Balaban J connectivity index is 1.43. The lowest BCUT2D eigenvalue weighted by Crippen LogP contribution is -2.43. The zero-order valence-electron chi connectivity index (χ0n) is 22.2. The van der Waals surface area contributed by atoms with Crippen LogP contribution in [-0.4, -0.2) is 34.2 Å². The molecule has 1 saturated heterocycles. The summed E-state index contributed by atoms with van der Waals surface area (Å²) >= 11 is 1.73. The van der Waals surface area contributed by atoms with Crippen molar-refractivity contribution in [2.24, 2.45) is 4.99 Å². The number of benzene rings is 3. The molecule has 0 aromatic heterocycles. The van der Waals surface area contributed by atoms with Gasteiger partial charge < -0.3 is 15.5 Å². The van der Waals surface area contributed by atoms with Crippen molar-refractivity contribution >= 4 is 40.1 Å². The second-order valence-electron chi connectivity index (χ2n) is 9.91. The van der Waals surface area contributed by atoms with Gasteiger partial charge in [0.15, 0.2) is 5.17 Å². The van der Waals surface area contributed by atoms with Gasteiger partial charge in [0, 0.05) is 29.2 Å². The number of hydrogen-bond acceptors (Lipinski definition) is 5. The van der Waals surface area contributed by atoms with Crippen molar-refractivity contribution in [2.45, 2.75) is 40.2 Å². The number of amides is 2. The van der Waals surface area contributed by atoms with E-state index in [-0.39, 0.29) is 17.9 Å². The zero-order chi connectivity index (χ0) is 26.8. The SMILES string of the molecule is CC1=C(C(=O)Nc2ccc(C)cc2C)C(c2ccc(NC(=O)c3ccc(C)cc3)cc2)N2CCCSC2=N1. The summed E-state index contributed by atoms with van der Waals surface area (Å²) in [6, 6.07) is 21.1. The van der Waals surface area contributed by atoms with E-state index in [2.05, 4.69) is 21.6 Å². The van der Waals surface area contributed by atoms with Gasteiger partial charge in [-0.2, -0.15) is 0 Å². The molecule has 6 nitrogen and oxygen atoms in total. The molecule has 3 aromatic carbocycles. The minimum atomic E-state index is -0.261. The molecule has 1 unspecified atom stereocenters. The van der Waals surface area contributed by atoms with Crippen LogP contribution in [0, 0.1) is 20.8 Å². The molecule has 7 heteroatoms. The van der Waals surface area contributed by atoms with Crippen LogP contribution >= 0.6 is 11.8 Å². The number of thioether (sulfide) groups is 1. The number of amidine groups is 1. The molecule has 1 atom stereocenters. The molecular formula is C31H32N4O2S. The lowest BCUT2D eigenvalue weighted by Gasteiger charge is -2.41. The second-order valence-corrected chi connectivity index (χ2v) is 11.0. The Morgan fingerprint density at radius 3 is 2.29 bits per heavy atom. The molecular weight excluding hydrogens is 492 g/mol. The van der Waals surface area contributed by atoms with E-state index in [0.717, 1.165) is 57.5 Å². The fourth-order valence-corrected chi connectivity index (χ4v) is 5.93. The number of nitrogens with zero attached hydrogens (tertiary/aromatic N) is 2. The Hall–Kier alpha value is -3.84. The molecule has 5 rings (SSSR count). The largest absolute Gasteiger partial charge is 0.340 e. The first-order valence-corrected chi connectivity index (χ1v) is 13.8.